The highest BCUT2D eigenvalue weighted by Gasteiger charge is 2.25. The van der Waals surface area contributed by atoms with Crippen molar-refractivity contribution in [1.29, 1.82) is 0 Å². The van der Waals surface area contributed by atoms with Gasteiger partial charge in [-0.1, -0.05) is 18.9 Å². The summed E-state index contributed by atoms with van der Waals surface area (Å²) >= 11 is 0. The monoisotopic (exact) mass is 321 g/mol. The number of hydrogen-bond acceptors (Lipinski definition) is 5. The molecule has 0 spiro atoms. The Morgan fingerprint density at radius 3 is 2.48 bits per heavy atom. The molecule has 1 atom stereocenters. The maximum Gasteiger partial charge on any atom is 0.342 e. The predicted octanol–water partition coefficient (Wildman–Crippen LogP) is 2.31. The van der Waals surface area contributed by atoms with Crippen LogP contribution in [0.3, 0.4) is 0 Å². The van der Waals surface area contributed by atoms with Crippen molar-refractivity contribution in [2.24, 2.45) is 0 Å². The number of benzene rings is 1. The van der Waals surface area contributed by atoms with Gasteiger partial charge in [0, 0.05) is 6.04 Å². The molecule has 126 valence electrons. The number of ether oxygens (including phenoxy) is 3. The van der Waals surface area contributed by atoms with Gasteiger partial charge >= 0.3 is 5.97 Å². The van der Waals surface area contributed by atoms with Gasteiger partial charge in [0.15, 0.2) is 17.6 Å². The maximum atomic E-state index is 12.3. The van der Waals surface area contributed by atoms with Crippen molar-refractivity contribution in [3.63, 3.8) is 0 Å². The number of esters is 1. The average molecular weight is 321 g/mol. The lowest BCUT2D eigenvalue weighted by molar-refractivity contribution is -0.129. The Morgan fingerprint density at radius 1 is 1.17 bits per heavy atom. The first kappa shape index (κ1) is 17.1. The first-order chi connectivity index (χ1) is 11.1. The van der Waals surface area contributed by atoms with Crippen LogP contribution in [0, 0.1) is 0 Å². The zero-order valence-corrected chi connectivity index (χ0v) is 13.8. The number of nitrogens with one attached hydrogen (secondary N) is 1. The third-order valence-electron chi connectivity index (χ3n) is 3.98. The SMILES string of the molecule is COc1cccc(C(=O)O[C@@H](C)C(=O)NC2CCCC2)c1OC. The van der Waals surface area contributed by atoms with Crippen LogP contribution in [0.5, 0.6) is 11.5 Å². The highest BCUT2D eigenvalue weighted by Crippen LogP contribution is 2.31. The van der Waals surface area contributed by atoms with Crippen LogP contribution < -0.4 is 14.8 Å². The molecule has 1 saturated carbocycles. The Kier molecular flexibility index (Phi) is 5.84. The van der Waals surface area contributed by atoms with Gasteiger partial charge in [0.05, 0.1) is 14.2 Å². The summed E-state index contributed by atoms with van der Waals surface area (Å²) in [6, 6.07) is 5.12. The van der Waals surface area contributed by atoms with Crippen LogP contribution in [0.4, 0.5) is 0 Å². The van der Waals surface area contributed by atoms with Gasteiger partial charge in [-0.05, 0) is 31.9 Å². The first-order valence-corrected chi connectivity index (χ1v) is 7.79. The summed E-state index contributed by atoms with van der Waals surface area (Å²) in [5, 5.41) is 2.91. The molecule has 1 amide bonds. The molecular weight excluding hydrogens is 298 g/mol. The predicted molar refractivity (Wildman–Crippen MR) is 84.8 cm³/mol. The highest BCUT2D eigenvalue weighted by molar-refractivity contribution is 5.95. The Bertz CT molecular complexity index is 566. The normalized spacial score (nSPS) is 15.8. The lowest BCUT2D eigenvalue weighted by atomic mass is 10.2. The van der Waals surface area contributed by atoms with E-state index < -0.39 is 12.1 Å². The van der Waals surface area contributed by atoms with Gasteiger partial charge in [0.1, 0.15) is 5.56 Å². The number of para-hydroxylation sites is 1. The van der Waals surface area contributed by atoms with Gasteiger partial charge < -0.3 is 19.5 Å². The van der Waals surface area contributed by atoms with E-state index in [0.29, 0.717) is 11.5 Å². The summed E-state index contributed by atoms with van der Waals surface area (Å²) in [6.07, 6.45) is 3.35. The molecule has 6 heteroatoms. The number of rotatable bonds is 6. The number of methoxy groups -OCH3 is 2. The molecule has 0 saturated heterocycles. The van der Waals surface area contributed by atoms with Gasteiger partial charge in [-0.15, -0.1) is 0 Å². The molecule has 0 aromatic heterocycles. The zero-order valence-electron chi connectivity index (χ0n) is 13.8. The van der Waals surface area contributed by atoms with E-state index in [2.05, 4.69) is 5.32 Å². The van der Waals surface area contributed by atoms with Gasteiger partial charge in [-0.25, -0.2) is 4.79 Å². The summed E-state index contributed by atoms with van der Waals surface area (Å²) in [7, 11) is 2.94. The molecule has 1 N–H and O–H groups in total. The lowest BCUT2D eigenvalue weighted by Crippen LogP contribution is -2.40. The molecule has 0 aliphatic heterocycles. The number of carbonyl (C=O) groups excluding carboxylic acids is 2. The minimum Gasteiger partial charge on any atom is -0.493 e. The third kappa shape index (κ3) is 4.15. The molecule has 2 rings (SSSR count). The van der Waals surface area contributed by atoms with Gasteiger partial charge in [0.25, 0.3) is 5.91 Å². The van der Waals surface area contributed by atoms with Gasteiger partial charge in [-0.2, -0.15) is 0 Å². The summed E-state index contributed by atoms with van der Waals surface area (Å²) < 4.78 is 15.6. The van der Waals surface area contributed by atoms with E-state index in [-0.39, 0.29) is 17.5 Å². The van der Waals surface area contributed by atoms with E-state index in [1.165, 1.54) is 14.2 Å². The second-order valence-corrected chi connectivity index (χ2v) is 5.58. The van der Waals surface area contributed by atoms with Crippen LogP contribution in [-0.2, 0) is 9.53 Å². The highest BCUT2D eigenvalue weighted by atomic mass is 16.6. The van der Waals surface area contributed by atoms with Crippen molar-refractivity contribution in [2.75, 3.05) is 14.2 Å². The largest absolute Gasteiger partial charge is 0.493 e. The summed E-state index contributed by atoms with van der Waals surface area (Å²) in [4.78, 5) is 24.4. The van der Waals surface area contributed by atoms with Crippen molar-refractivity contribution in [2.45, 2.75) is 44.8 Å². The van der Waals surface area contributed by atoms with E-state index in [0.717, 1.165) is 25.7 Å². The van der Waals surface area contributed by atoms with Crippen LogP contribution in [-0.4, -0.2) is 38.2 Å². The Hall–Kier alpha value is -2.24. The maximum absolute atomic E-state index is 12.3. The van der Waals surface area contributed by atoms with E-state index in [1.807, 2.05) is 0 Å². The van der Waals surface area contributed by atoms with Crippen molar-refractivity contribution < 1.29 is 23.8 Å². The molecule has 0 radical (unpaired) electrons. The van der Waals surface area contributed by atoms with Crippen LogP contribution in [0.25, 0.3) is 0 Å². The molecule has 0 heterocycles. The van der Waals surface area contributed by atoms with Crippen molar-refractivity contribution in [1.82, 2.24) is 5.32 Å². The van der Waals surface area contributed by atoms with Crippen LogP contribution in [0.1, 0.15) is 43.0 Å². The second-order valence-electron chi connectivity index (χ2n) is 5.58. The van der Waals surface area contributed by atoms with Crippen molar-refractivity contribution >= 4 is 11.9 Å². The minimum absolute atomic E-state index is 0.190. The van der Waals surface area contributed by atoms with Gasteiger partial charge in [0.2, 0.25) is 0 Å². The summed E-state index contributed by atoms with van der Waals surface area (Å²) in [6.45, 7) is 1.56. The summed E-state index contributed by atoms with van der Waals surface area (Å²) in [5.41, 5.74) is 0.229. The Balaban J connectivity index is 2.01. The molecule has 1 fully saturated rings. The van der Waals surface area contributed by atoms with E-state index in [9.17, 15) is 9.59 Å². The standard InChI is InChI=1S/C17H23NO5/c1-11(16(19)18-12-7-4-5-8-12)23-17(20)13-9-6-10-14(21-2)15(13)22-3/h6,9-12H,4-5,7-8H2,1-3H3,(H,18,19)/t11-/m0/s1. The van der Waals surface area contributed by atoms with E-state index in [1.54, 1.807) is 25.1 Å². The summed E-state index contributed by atoms with van der Waals surface area (Å²) in [5.74, 6) is -0.157. The van der Waals surface area contributed by atoms with Crippen LogP contribution >= 0.6 is 0 Å². The van der Waals surface area contributed by atoms with Gasteiger partial charge in [-0.3, -0.25) is 4.79 Å². The molecular formula is C17H23NO5. The number of amides is 1. The fourth-order valence-corrected chi connectivity index (χ4v) is 2.71. The fourth-order valence-electron chi connectivity index (χ4n) is 2.71. The number of carbonyl (C=O) groups is 2. The number of hydrogen-bond donors (Lipinski definition) is 1. The molecule has 1 aromatic carbocycles. The quantitative estimate of drug-likeness (QED) is 0.814. The third-order valence-corrected chi connectivity index (χ3v) is 3.98. The van der Waals surface area contributed by atoms with Crippen molar-refractivity contribution in [3.05, 3.63) is 23.8 Å². The molecule has 23 heavy (non-hydrogen) atoms. The molecule has 1 aliphatic rings. The van der Waals surface area contributed by atoms with E-state index >= 15 is 0 Å². The lowest BCUT2D eigenvalue weighted by Gasteiger charge is -2.18. The molecule has 1 aliphatic carbocycles. The second kappa shape index (κ2) is 7.85. The average Bonchev–Trinajstić information content (AvgIpc) is 3.06. The molecule has 0 unspecified atom stereocenters. The van der Waals surface area contributed by atoms with E-state index in [4.69, 9.17) is 14.2 Å². The molecule has 0 bridgehead atoms. The Labute approximate surface area is 136 Å². The zero-order chi connectivity index (χ0) is 16.8. The smallest absolute Gasteiger partial charge is 0.342 e. The minimum atomic E-state index is -0.862. The van der Waals surface area contributed by atoms with Crippen molar-refractivity contribution in [3.8, 4) is 11.5 Å². The Morgan fingerprint density at radius 2 is 1.87 bits per heavy atom. The molecule has 6 nitrogen and oxygen atoms in total. The fraction of sp³-hybridized carbons (Fsp3) is 0.529. The van der Waals surface area contributed by atoms with Crippen LogP contribution in [0.15, 0.2) is 18.2 Å². The van der Waals surface area contributed by atoms with Crippen LogP contribution in [0.2, 0.25) is 0 Å². The first-order valence-electron chi connectivity index (χ1n) is 7.79. The topological polar surface area (TPSA) is 73.9 Å². The molecule has 1 aromatic rings.